The van der Waals surface area contributed by atoms with Gasteiger partial charge in [0.1, 0.15) is 5.75 Å². The Bertz CT molecular complexity index is 1100. The number of anilines is 1. The van der Waals surface area contributed by atoms with Gasteiger partial charge < -0.3 is 15.4 Å². The molecule has 2 N–H and O–H groups in total. The summed E-state index contributed by atoms with van der Waals surface area (Å²) in [6.45, 7) is 4.20. The highest BCUT2D eigenvalue weighted by Crippen LogP contribution is 2.21. The summed E-state index contributed by atoms with van der Waals surface area (Å²) < 4.78 is 31.0. The lowest BCUT2D eigenvalue weighted by Crippen LogP contribution is -2.28. The molecule has 1 heterocycles. The second-order valence-corrected chi connectivity index (χ2v) is 9.25. The SMILES string of the molecule is CC(C)Oc1ccc(CS(=O)(=O)c2ccc(NC(=O)NCc3cccnc3)cc2)cc1. The van der Waals surface area contributed by atoms with Crippen molar-refractivity contribution in [1.82, 2.24) is 10.3 Å². The summed E-state index contributed by atoms with van der Waals surface area (Å²) in [5.74, 6) is 0.584. The average Bonchev–Trinajstić information content (AvgIpc) is 2.74. The van der Waals surface area contributed by atoms with Gasteiger partial charge in [-0.15, -0.1) is 0 Å². The van der Waals surface area contributed by atoms with Crippen molar-refractivity contribution in [2.45, 2.75) is 37.1 Å². The van der Waals surface area contributed by atoms with Crippen LogP contribution in [0.15, 0.2) is 78.0 Å². The Morgan fingerprint density at radius 2 is 1.71 bits per heavy atom. The van der Waals surface area contributed by atoms with Gasteiger partial charge in [0, 0.05) is 24.6 Å². The number of benzene rings is 2. The van der Waals surface area contributed by atoms with E-state index in [1.807, 2.05) is 19.9 Å². The van der Waals surface area contributed by atoms with Gasteiger partial charge >= 0.3 is 6.03 Å². The topological polar surface area (TPSA) is 97.4 Å². The molecule has 0 spiro atoms. The third-order valence-electron chi connectivity index (χ3n) is 4.30. The Labute approximate surface area is 182 Å². The van der Waals surface area contributed by atoms with Crippen molar-refractivity contribution in [2.75, 3.05) is 5.32 Å². The van der Waals surface area contributed by atoms with Crippen LogP contribution in [0.5, 0.6) is 5.75 Å². The molecule has 162 valence electrons. The van der Waals surface area contributed by atoms with E-state index < -0.39 is 9.84 Å². The molecule has 3 rings (SSSR count). The van der Waals surface area contributed by atoms with E-state index in [4.69, 9.17) is 4.74 Å². The monoisotopic (exact) mass is 439 g/mol. The number of ether oxygens (including phenoxy) is 1. The van der Waals surface area contributed by atoms with Gasteiger partial charge in [-0.1, -0.05) is 18.2 Å². The van der Waals surface area contributed by atoms with Crippen LogP contribution in [0.25, 0.3) is 0 Å². The van der Waals surface area contributed by atoms with Gasteiger partial charge in [-0.05, 0) is 67.4 Å². The number of sulfone groups is 1. The van der Waals surface area contributed by atoms with Crippen LogP contribution in [-0.4, -0.2) is 25.5 Å². The van der Waals surface area contributed by atoms with E-state index in [2.05, 4.69) is 15.6 Å². The molecule has 7 nitrogen and oxygen atoms in total. The second-order valence-electron chi connectivity index (χ2n) is 7.26. The molecule has 31 heavy (non-hydrogen) atoms. The van der Waals surface area contributed by atoms with E-state index in [9.17, 15) is 13.2 Å². The van der Waals surface area contributed by atoms with Gasteiger partial charge in [-0.25, -0.2) is 13.2 Å². The molecule has 0 atom stereocenters. The summed E-state index contributed by atoms with van der Waals surface area (Å²) in [5.41, 5.74) is 2.05. The summed E-state index contributed by atoms with van der Waals surface area (Å²) >= 11 is 0. The number of carbonyl (C=O) groups is 1. The van der Waals surface area contributed by atoms with Crippen LogP contribution in [0.3, 0.4) is 0 Å². The first kappa shape index (κ1) is 22.3. The summed E-state index contributed by atoms with van der Waals surface area (Å²) in [4.78, 5) is 16.2. The van der Waals surface area contributed by atoms with Crippen LogP contribution in [-0.2, 0) is 22.1 Å². The van der Waals surface area contributed by atoms with Crippen molar-refractivity contribution in [3.8, 4) is 5.75 Å². The predicted molar refractivity (Wildman–Crippen MR) is 120 cm³/mol. The van der Waals surface area contributed by atoms with Crippen molar-refractivity contribution in [1.29, 1.82) is 0 Å². The number of hydrogen-bond donors (Lipinski definition) is 2. The van der Waals surface area contributed by atoms with Crippen LogP contribution in [0.2, 0.25) is 0 Å². The predicted octanol–water partition coefficient (Wildman–Crippen LogP) is 4.16. The maximum atomic E-state index is 12.7. The zero-order chi connectivity index (χ0) is 22.3. The number of aromatic nitrogens is 1. The second kappa shape index (κ2) is 10.1. The maximum Gasteiger partial charge on any atom is 0.319 e. The minimum atomic E-state index is -3.52. The molecule has 0 radical (unpaired) electrons. The number of rotatable bonds is 8. The van der Waals surface area contributed by atoms with E-state index >= 15 is 0 Å². The molecule has 3 aromatic rings. The Morgan fingerprint density at radius 3 is 2.32 bits per heavy atom. The first-order valence-electron chi connectivity index (χ1n) is 9.84. The number of carbonyl (C=O) groups excluding carboxylic acids is 1. The summed E-state index contributed by atoms with van der Waals surface area (Å²) in [5, 5.41) is 5.41. The Morgan fingerprint density at radius 1 is 1.00 bits per heavy atom. The van der Waals surface area contributed by atoms with Gasteiger partial charge in [-0.3, -0.25) is 4.98 Å². The molecule has 0 fully saturated rings. The lowest BCUT2D eigenvalue weighted by molar-refractivity contribution is 0.242. The molecular weight excluding hydrogens is 414 g/mol. The van der Waals surface area contributed by atoms with Gasteiger partial charge in [0.15, 0.2) is 9.84 Å². The summed E-state index contributed by atoms with van der Waals surface area (Å²) in [6.07, 6.45) is 3.39. The standard InChI is InChI=1S/C23H25N3O4S/c1-17(2)30-21-9-5-18(6-10-21)16-31(28,29)22-11-7-20(8-12-22)26-23(27)25-15-19-4-3-13-24-14-19/h3-14,17H,15-16H2,1-2H3,(H2,25,26,27). The molecule has 0 saturated heterocycles. The van der Waals surface area contributed by atoms with Crippen LogP contribution in [0.1, 0.15) is 25.0 Å². The maximum absolute atomic E-state index is 12.7. The van der Waals surface area contributed by atoms with Crippen LogP contribution in [0.4, 0.5) is 10.5 Å². The minimum Gasteiger partial charge on any atom is -0.491 e. The Hall–Kier alpha value is -3.39. The molecule has 2 amide bonds. The lowest BCUT2D eigenvalue weighted by atomic mass is 10.2. The molecule has 2 aromatic carbocycles. The number of pyridine rings is 1. The molecule has 0 aliphatic carbocycles. The fourth-order valence-electron chi connectivity index (χ4n) is 2.85. The molecule has 0 bridgehead atoms. The van der Waals surface area contributed by atoms with E-state index in [0.717, 1.165) is 5.56 Å². The molecule has 0 aliphatic rings. The van der Waals surface area contributed by atoms with Gasteiger partial charge in [0.2, 0.25) is 0 Å². The number of nitrogens with one attached hydrogen (secondary N) is 2. The zero-order valence-electron chi connectivity index (χ0n) is 17.4. The molecular formula is C23H25N3O4S. The highest BCUT2D eigenvalue weighted by atomic mass is 32.2. The smallest absolute Gasteiger partial charge is 0.319 e. The Kier molecular flexibility index (Phi) is 7.25. The fraction of sp³-hybridized carbons (Fsp3) is 0.217. The quantitative estimate of drug-likeness (QED) is 0.549. The number of amides is 2. The van der Waals surface area contributed by atoms with Crippen molar-refractivity contribution < 1.29 is 17.9 Å². The van der Waals surface area contributed by atoms with Crippen molar-refractivity contribution in [3.05, 3.63) is 84.2 Å². The molecule has 8 heteroatoms. The van der Waals surface area contributed by atoms with Crippen LogP contribution in [0, 0.1) is 0 Å². The third-order valence-corrected chi connectivity index (χ3v) is 6.00. The van der Waals surface area contributed by atoms with E-state index in [1.54, 1.807) is 54.9 Å². The summed E-state index contributed by atoms with van der Waals surface area (Å²) in [7, 11) is -3.52. The molecule has 0 aliphatic heterocycles. The third kappa shape index (κ3) is 6.82. The largest absolute Gasteiger partial charge is 0.491 e. The lowest BCUT2D eigenvalue weighted by Gasteiger charge is -2.11. The van der Waals surface area contributed by atoms with Gasteiger partial charge in [-0.2, -0.15) is 0 Å². The molecule has 0 saturated carbocycles. The zero-order valence-corrected chi connectivity index (χ0v) is 18.2. The van der Waals surface area contributed by atoms with Crippen molar-refractivity contribution >= 4 is 21.6 Å². The molecule has 0 unspecified atom stereocenters. The highest BCUT2D eigenvalue weighted by molar-refractivity contribution is 7.90. The normalized spacial score (nSPS) is 11.2. The minimum absolute atomic E-state index is 0.0548. The van der Waals surface area contributed by atoms with E-state index in [1.165, 1.54) is 12.1 Å². The first-order chi connectivity index (χ1) is 14.8. The van der Waals surface area contributed by atoms with Gasteiger partial charge in [0.05, 0.1) is 16.8 Å². The van der Waals surface area contributed by atoms with Crippen molar-refractivity contribution in [3.63, 3.8) is 0 Å². The van der Waals surface area contributed by atoms with Crippen LogP contribution < -0.4 is 15.4 Å². The van der Waals surface area contributed by atoms with Gasteiger partial charge in [0.25, 0.3) is 0 Å². The van der Waals surface area contributed by atoms with Crippen LogP contribution >= 0.6 is 0 Å². The van der Waals surface area contributed by atoms with E-state index in [0.29, 0.717) is 23.5 Å². The first-order valence-corrected chi connectivity index (χ1v) is 11.5. The average molecular weight is 440 g/mol. The number of hydrogen-bond acceptors (Lipinski definition) is 5. The molecule has 1 aromatic heterocycles. The summed E-state index contributed by atoms with van der Waals surface area (Å²) in [6, 6.07) is 16.4. The number of urea groups is 1. The van der Waals surface area contributed by atoms with Crippen molar-refractivity contribution in [2.24, 2.45) is 0 Å². The Balaban J connectivity index is 1.57. The highest BCUT2D eigenvalue weighted by Gasteiger charge is 2.16. The fourth-order valence-corrected chi connectivity index (χ4v) is 4.19. The number of nitrogens with zero attached hydrogens (tertiary/aromatic N) is 1. The van der Waals surface area contributed by atoms with E-state index in [-0.39, 0.29) is 22.8 Å².